The minimum atomic E-state index is -0.237. The second kappa shape index (κ2) is 7.85. The van der Waals surface area contributed by atoms with Crippen LogP contribution in [0.25, 0.3) is 0 Å². The molecule has 1 atom stereocenters. The molecule has 1 aromatic rings. The first-order valence-electron chi connectivity index (χ1n) is 6.23. The van der Waals surface area contributed by atoms with Crippen LogP contribution >= 0.6 is 23.2 Å². The standard InChI is InChI=1S/C14H19Cl2NO2/c1-4-17(7-8-19-3)10(2)14(18)12-6-5-11(15)9-13(12)16/h5-6,9-10H,4,7-8H2,1-3H3. The maximum atomic E-state index is 12.4. The monoisotopic (exact) mass is 303 g/mol. The number of carbonyl (C=O) groups is 1. The van der Waals surface area contributed by atoms with E-state index in [1.54, 1.807) is 25.3 Å². The number of ether oxygens (including phenoxy) is 1. The number of ketones is 1. The molecule has 0 aromatic heterocycles. The molecule has 0 radical (unpaired) electrons. The van der Waals surface area contributed by atoms with Crippen molar-refractivity contribution in [1.29, 1.82) is 0 Å². The Morgan fingerprint density at radius 3 is 2.63 bits per heavy atom. The maximum absolute atomic E-state index is 12.4. The third kappa shape index (κ3) is 4.46. The lowest BCUT2D eigenvalue weighted by Crippen LogP contribution is -2.40. The average molecular weight is 304 g/mol. The highest BCUT2D eigenvalue weighted by Gasteiger charge is 2.22. The van der Waals surface area contributed by atoms with Gasteiger partial charge in [-0.3, -0.25) is 9.69 Å². The Morgan fingerprint density at radius 2 is 2.11 bits per heavy atom. The SMILES string of the molecule is CCN(CCOC)C(C)C(=O)c1ccc(Cl)cc1Cl. The number of Topliss-reactive ketones (excluding diaryl/α,β-unsaturated/α-hetero) is 1. The molecule has 0 amide bonds. The zero-order valence-electron chi connectivity index (χ0n) is 11.5. The van der Waals surface area contributed by atoms with Crippen molar-refractivity contribution in [3.63, 3.8) is 0 Å². The van der Waals surface area contributed by atoms with E-state index in [9.17, 15) is 4.79 Å². The van der Waals surface area contributed by atoms with Crippen LogP contribution in [0.2, 0.25) is 10.0 Å². The number of methoxy groups -OCH3 is 1. The van der Waals surface area contributed by atoms with Crippen LogP contribution in [0.1, 0.15) is 24.2 Å². The summed E-state index contributed by atoms with van der Waals surface area (Å²) in [5, 5.41) is 0.924. The predicted molar refractivity (Wildman–Crippen MR) is 79.4 cm³/mol. The molecular weight excluding hydrogens is 285 g/mol. The summed E-state index contributed by atoms with van der Waals surface area (Å²) >= 11 is 11.9. The van der Waals surface area contributed by atoms with E-state index in [1.807, 2.05) is 13.8 Å². The van der Waals surface area contributed by atoms with E-state index in [0.29, 0.717) is 28.8 Å². The summed E-state index contributed by atoms with van der Waals surface area (Å²) < 4.78 is 5.05. The summed E-state index contributed by atoms with van der Waals surface area (Å²) in [6, 6.07) is 4.71. The zero-order valence-corrected chi connectivity index (χ0v) is 13.0. The van der Waals surface area contributed by atoms with Gasteiger partial charge in [0.1, 0.15) is 0 Å². The predicted octanol–water partition coefficient (Wildman–Crippen LogP) is 3.53. The molecule has 0 fully saturated rings. The van der Waals surface area contributed by atoms with Gasteiger partial charge in [0.05, 0.1) is 17.7 Å². The van der Waals surface area contributed by atoms with Crippen molar-refractivity contribution < 1.29 is 9.53 Å². The molecule has 0 heterocycles. The topological polar surface area (TPSA) is 29.5 Å². The summed E-state index contributed by atoms with van der Waals surface area (Å²) in [6.45, 7) is 5.99. The maximum Gasteiger partial charge on any atom is 0.181 e. The molecule has 0 aliphatic carbocycles. The summed E-state index contributed by atoms with van der Waals surface area (Å²) in [4.78, 5) is 14.5. The normalized spacial score (nSPS) is 12.7. The van der Waals surface area contributed by atoms with Gasteiger partial charge in [-0.15, -0.1) is 0 Å². The average Bonchev–Trinajstić information content (AvgIpc) is 2.38. The largest absolute Gasteiger partial charge is 0.383 e. The molecule has 1 unspecified atom stereocenters. The van der Waals surface area contributed by atoms with E-state index in [-0.39, 0.29) is 11.8 Å². The van der Waals surface area contributed by atoms with Crippen molar-refractivity contribution in [2.45, 2.75) is 19.9 Å². The first kappa shape index (κ1) is 16.4. The first-order valence-corrected chi connectivity index (χ1v) is 6.99. The second-order valence-electron chi connectivity index (χ2n) is 4.29. The van der Waals surface area contributed by atoms with Crippen molar-refractivity contribution in [3.8, 4) is 0 Å². The van der Waals surface area contributed by atoms with Gasteiger partial charge in [-0.2, -0.15) is 0 Å². The van der Waals surface area contributed by atoms with E-state index in [1.165, 1.54) is 0 Å². The van der Waals surface area contributed by atoms with Crippen LogP contribution in [0, 0.1) is 0 Å². The highest BCUT2D eigenvalue weighted by atomic mass is 35.5. The van der Waals surface area contributed by atoms with Crippen LogP contribution in [0.4, 0.5) is 0 Å². The number of nitrogens with zero attached hydrogens (tertiary/aromatic N) is 1. The Hall–Kier alpha value is -0.610. The van der Waals surface area contributed by atoms with Gasteiger partial charge in [0, 0.05) is 24.2 Å². The summed E-state index contributed by atoms with van der Waals surface area (Å²) in [5.41, 5.74) is 0.509. The summed E-state index contributed by atoms with van der Waals surface area (Å²) in [5.74, 6) is -0.000352. The quantitative estimate of drug-likeness (QED) is 0.722. The molecule has 106 valence electrons. The molecule has 0 saturated heterocycles. The van der Waals surface area contributed by atoms with E-state index < -0.39 is 0 Å². The van der Waals surface area contributed by atoms with Crippen molar-refractivity contribution in [2.75, 3.05) is 26.8 Å². The molecule has 0 saturated carbocycles. The Labute approximate surface area is 124 Å². The molecule has 1 rings (SSSR count). The van der Waals surface area contributed by atoms with Gasteiger partial charge >= 0.3 is 0 Å². The second-order valence-corrected chi connectivity index (χ2v) is 5.13. The lowest BCUT2D eigenvalue weighted by atomic mass is 10.0. The molecule has 19 heavy (non-hydrogen) atoms. The number of hydrogen-bond acceptors (Lipinski definition) is 3. The number of likely N-dealkylation sites (N-methyl/N-ethyl adjacent to an activating group) is 1. The third-order valence-electron chi connectivity index (χ3n) is 3.11. The number of rotatable bonds is 7. The van der Waals surface area contributed by atoms with Crippen LogP contribution in [-0.4, -0.2) is 43.5 Å². The highest BCUT2D eigenvalue weighted by Crippen LogP contribution is 2.23. The number of benzene rings is 1. The molecular formula is C14H19Cl2NO2. The van der Waals surface area contributed by atoms with Gasteiger partial charge in [-0.25, -0.2) is 0 Å². The molecule has 3 nitrogen and oxygen atoms in total. The molecule has 0 spiro atoms. The van der Waals surface area contributed by atoms with Gasteiger partial charge in [0.25, 0.3) is 0 Å². The van der Waals surface area contributed by atoms with Gasteiger partial charge in [-0.05, 0) is 31.7 Å². The molecule has 0 aliphatic rings. The zero-order chi connectivity index (χ0) is 14.4. The van der Waals surface area contributed by atoms with Gasteiger partial charge in [0.15, 0.2) is 5.78 Å². The van der Waals surface area contributed by atoms with Crippen molar-refractivity contribution >= 4 is 29.0 Å². The Kier molecular flexibility index (Phi) is 6.80. The van der Waals surface area contributed by atoms with Gasteiger partial charge < -0.3 is 4.74 Å². The van der Waals surface area contributed by atoms with Gasteiger partial charge in [0.2, 0.25) is 0 Å². The number of carbonyl (C=O) groups excluding carboxylic acids is 1. The van der Waals surface area contributed by atoms with Gasteiger partial charge in [-0.1, -0.05) is 30.1 Å². The van der Waals surface area contributed by atoms with Crippen molar-refractivity contribution in [3.05, 3.63) is 33.8 Å². The van der Waals surface area contributed by atoms with E-state index in [2.05, 4.69) is 4.90 Å². The fourth-order valence-electron chi connectivity index (χ4n) is 1.91. The summed E-state index contributed by atoms with van der Waals surface area (Å²) in [6.07, 6.45) is 0. The molecule has 5 heteroatoms. The van der Waals surface area contributed by atoms with Crippen molar-refractivity contribution in [2.24, 2.45) is 0 Å². The van der Waals surface area contributed by atoms with Crippen LogP contribution in [0.3, 0.4) is 0 Å². The number of hydrogen-bond donors (Lipinski definition) is 0. The minimum absolute atomic E-state index is 0.000352. The molecule has 1 aromatic carbocycles. The van der Waals surface area contributed by atoms with E-state index >= 15 is 0 Å². The van der Waals surface area contributed by atoms with E-state index in [0.717, 1.165) is 6.54 Å². The van der Waals surface area contributed by atoms with E-state index in [4.69, 9.17) is 27.9 Å². The first-order chi connectivity index (χ1) is 9.01. The number of halogens is 2. The smallest absolute Gasteiger partial charge is 0.181 e. The van der Waals surface area contributed by atoms with Crippen LogP contribution in [0.5, 0.6) is 0 Å². The minimum Gasteiger partial charge on any atom is -0.383 e. The van der Waals surface area contributed by atoms with Crippen LogP contribution < -0.4 is 0 Å². The fraction of sp³-hybridized carbons (Fsp3) is 0.500. The molecule has 0 N–H and O–H groups in total. The molecule has 0 aliphatic heterocycles. The Bertz CT molecular complexity index is 437. The van der Waals surface area contributed by atoms with Crippen LogP contribution in [-0.2, 0) is 4.74 Å². The fourth-order valence-corrected chi connectivity index (χ4v) is 2.42. The Morgan fingerprint density at radius 1 is 1.42 bits per heavy atom. The molecule has 0 bridgehead atoms. The van der Waals surface area contributed by atoms with Crippen molar-refractivity contribution in [1.82, 2.24) is 4.90 Å². The highest BCUT2D eigenvalue weighted by molar-refractivity contribution is 6.37. The van der Waals surface area contributed by atoms with Crippen LogP contribution in [0.15, 0.2) is 18.2 Å². The lowest BCUT2D eigenvalue weighted by molar-refractivity contribution is 0.0788. The third-order valence-corrected chi connectivity index (χ3v) is 3.66. The Balaban J connectivity index is 2.85. The summed E-state index contributed by atoms with van der Waals surface area (Å²) in [7, 11) is 1.65. The lowest BCUT2D eigenvalue weighted by Gasteiger charge is -2.26.